The molecule has 0 atom stereocenters. The summed E-state index contributed by atoms with van der Waals surface area (Å²) in [5.74, 6) is 1.13. The molecule has 0 unspecified atom stereocenters. The Balaban J connectivity index is 1.52. The van der Waals surface area contributed by atoms with Crippen molar-refractivity contribution in [1.29, 1.82) is 0 Å². The molecule has 0 aliphatic heterocycles. The molecule has 0 spiro atoms. The lowest BCUT2D eigenvalue weighted by molar-refractivity contribution is -0.123. The minimum Gasteiger partial charge on any atom is -0.489 e. The first kappa shape index (κ1) is 23.1. The zero-order valence-corrected chi connectivity index (χ0v) is 19.1. The summed E-state index contributed by atoms with van der Waals surface area (Å²) < 4.78 is 11.6. The third kappa shape index (κ3) is 6.98. The Morgan fingerprint density at radius 2 is 1.75 bits per heavy atom. The lowest BCUT2D eigenvalue weighted by Gasteiger charge is -2.23. The highest BCUT2D eigenvalue weighted by Gasteiger charge is 2.19. The molecule has 0 radical (unpaired) electrons. The van der Waals surface area contributed by atoms with Crippen LogP contribution < -0.4 is 14.9 Å². The molecular formula is C27H30N2O3. The number of amides is 1. The van der Waals surface area contributed by atoms with E-state index in [1.807, 2.05) is 73.7 Å². The van der Waals surface area contributed by atoms with Gasteiger partial charge in [-0.15, -0.1) is 0 Å². The average molecular weight is 431 g/mol. The third-order valence-corrected chi connectivity index (χ3v) is 4.81. The summed E-state index contributed by atoms with van der Waals surface area (Å²) in [6, 6.07) is 23.5. The van der Waals surface area contributed by atoms with Crippen molar-refractivity contribution in [3.05, 3.63) is 95.1 Å². The molecule has 32 heavy (non-hydrogen) atoms. The Labute approximate surface area is 190 Å². The summed E-state index contributed by atoms with van der Waals surface area (Å²) in [5.41, 5.74) is 6.59. The Kier molecular flexibility index (Phi) is 7.66. The van der Waals surface area contributed by atoms with Crippen LogP contribution in [0.3, 0.4) is 0 Å². The van der Waals surface area contributed by atoms with Gasteiger partial charge in [0.25, 0.3) is 5.91 Å². The maximum atomic E-state index is 12.2. The number of aryl methyl sites for hydroxylation is 1. The van der Waals surface area contributed by atoms with E-state index in [1.54, 1.807) is 6.21 Å². The molecule has 0 saturated carbocycles. The van der Waals surface area contributed by atoms with Crippen LogP contribution in [0, 0.1) is 6.92 Å². The molecule has 0 aliphatic carbocycles. The van der Waals surface area contributed by atoms with Crippen molar-refractivity contribution in [3.8, 4) is 11.5 Å². The van der Waals surface area contributed by atoms with Crippen molar-refractivity contribution in [3.63, 3.8) is 0 Å². The average Bonchev–Trinajstić information content (AvgIpc) is 2.77. The molecule has 5 heteroatoms. The second-order valence-electron chi connectivity index (χ2n) is 8.68. The first-order chi connectivity index (χ1) is 15.3. The minimum absolute atomic E-state index is 0.0798. The van der Waals surface area contributed by atoms with Crippen LogP contribution in [0.15, 0.2) is 77.9 Å². The Hall–Kier alpha value is -3.60. The van der Waals surface area contributed by atoms with Gasteiger partial charge in [0.2, 0.25) is 0 Å². The Morgan fingerprint density at radius 1 is 0.969 bits per heavy atom. The highest BCUT2D eigenvalue weighted by molar-refractivity contribution is 5.83. The molecule has 0 saturated heterocycles. The fraction of sp³-hybridized carbons (Fsp3) is 0.259. The molecule has 0 aliphatic rings. The van der Waals surface area contributed by atoms with Gasteiger partial charge in [0.15, 0.2) is 6.61 Å². The van der Waals surface area contributed by atoms with Crippen LogP contribution in [-0.4, -0.2) is 18.7 Å². The predicted molar refractivity (Wildman–Crippen MR) is 128 cm³/mol. The van der Waals surface area contributed by atoms with E-state index in [0.29, 0.717) is 12.4 Å². The van der Waals surface area contributed by atoms with Gasteiger partial charge in [0.05, 0.1) is 6.21 Å². The van der Waals surface area contributed by atoms with Crippen LogP contribution in [0.4, 0.5) is 0 Å². The molecule has 0 heterocycles. The molecular weight excluding hydrogens is 400 g/mol. The number of ether oxygens (including phenoxy) is 2. The number of nitrogens with zero attached hydrogens (tertiary/aromatic N) is 1. The molecule has 166 valence electrons. The molecule has 1 N–H and O–H groups in total. The standard InChI is InChI=1S/C27H30N2O3/c1-20-13-14-25(24(15-20)27(2,3)4)32-19-26(30)29-28-17-22-11-8-12-23(16-22)31-18-21-9-6-5-7-10-21/h5-17H,18-19H2,1-4H3,(H,29,30)/b28-17+. The second kappa shape index (κ2) is 10.6. The van der Waals surface area contributed by atoms with E-state index < -0.39 is 0 Å². The molecule has 5 nitrogen and oxygen atoms in total. The number of carbonyl (C=O) groups excluding carboxylic acids is 1. The zero-order chi connectivity index (χ0) is 23.0. The second-order valence-corrected chi connectivity index (χ2v) is 8.68. The maximum Gasteiger partial charge on any atom is 0.277 e. The van der Waals surface area contributed by atoms with Crippen LogP contribution in [-0.2, 0) is 16.8 Å². The van der Waals surface area contributed by atoms with E-state index in [4.69, 9.17) is 9.47 Å². The number of rotatable bonds is 8. The third-order valence-electron chi connectivity index (χ3n) is 4.81. The quantitative estimate of drug-likeness (QED) is 0.384. The van der Waals surface area contributed by atoms with Gasteiger partial charge in [0.1, 0.15) is 18.1 Å². The molecule has 3 aromatic carbocycles. The summed E-state index contributed by atoms with van der Waals surface area (Å²) in [4.78, 5) is 12.2. The summed E-state index contributed by atoms with van der Waals surface area (Å²) in [6.45, 7) is 8.79. The number of hydrogen-bond donors (Lipinski definition) is 1. The smallest absolute Gasteiger partial charge is 0.277 e. The molecule has 0 fully saturated rings. The highest BCUT2D eigenvalue weighted by Crippen LogP contribution is 2.32. The largest absolute Gasteiger partial charge is 0.489 e. The van der Waals surface area contributed by atoms with E-state index in [1.165, 1.54) is 0 Å². The Morgan fingerprint density at radius 3 is 2.50 bits per heavy atom. The maximum absolute atomic E-state index is 12.2. The fourth-order valence-electron chi connectivity index (χ4n) is 3.14. The fourth-order valence-corrected chi connectivity index (χ4v) is 3.14. The topological polar surface area (TPSA) is 59.9 Å². The van der Waals surface area contributed by atoms with Gasteiger partial charge >= 0.3 is 0 Å². The van der Waals surface area contributed by atoms with E-state index in [2.05, 4.69) is 37.4 Å². The first-order valence-corrected chi connectivity index (χ1v) is 10.6. The SMILES string of the molecule is Cc1ccc(OCC(=O)N/N=C/c2cccc(OCc3ccccc3)c2)c(C(C)(C)C)c1. The van der Waals surface area contributed by atoms with Crippen molar-refractivity contribution in [2.45, 2.75) is 39.7 Å². The number of carbonyl (C=O) groups is 1. The van der Waals surface area contributed by atoms with E-state index in [9.17, 15) is 4.79 Å². The molecule has 1 amide bonds. The normalized spacial score (nSPS) is 11.4. The predicted octanol–water partition coefficient (Wildman–Crippen LogP) is 5.40. The molecule has 0 bridgehead atoms. The Bertz CT molecular complexity index is 1070. The number of benzene rings is 3. The van der Waals surface area contributed by atoms with Crippen LogP contribution in [0.5, 0.6) is 11.5 Å². The number of hydrogen-bond acceptors (Lipinski definition) is 4. The van der Waals surface area contributed by atoms with Crippen LogP contribution >= 0.6 is 0 Å². The van der Waals surface area contributed by atoms with Crippen molar-refractivity contribution in [2.75, 3.05) is 6.61 Å². The highest BCUT2D eigenvalue weighted by atomic mass is 16.5. The number of nitrogens with one attached hydrogen (secondary N) is 1. The van der Waals surface area contributed by atoms with Gasteiger partial charge in [-0.1, -0.05) is 80.9 Å². The molecule has 3 aromatic rings. The van der Waals surface area contributed by atoms with Gasteiger partial charge in [-0.2, -0.15) is 5.10 Å². The van der Waals surface area contributed by atoms with Crippen molar-refractivity contribution < 1.29 is 14.3 Å². The minimum atomic E-state index is -0.321. The first-order valence-electron chi connectivity index (χ1n) is 10.6. The van der Waals surface area contributed by atoms with E-state index >= 15 is 0 Å². The monoisotopic (exact) mass is 430 g/mol. The van der Waals surface area contributed by atoms with Gasteiger partial charge in [-0.05, 0) is 47.2 Å². The summed E-state index contributed by atoms with van der Waals surface area (Å²) >= 11 is 0. The molecule has 3 rings (SSSR count). The summed E-state index contributed by atoms with van der Waals surface area (Å²) in [6.07, 6.45) is 1.58. The molecule has 0 aromatic heterocycles. The number of hydrazone groups is 1. The van der Waals surface area contributed by atoms with Crippen LogP contribution in [0.1, 0.15) is 43.0 Å². The van der Waals surface area contributed by atoms with Crippen LogP contribution in [0.25, 0.3) is 0 Å². The van der Waals surface area contributed by atoms with E-state index in [0.717, 1.165) is 28.0 Å². The van der Waals surface area contributed by atoms with Gasteiger partial charge in [-0.3, -0.25) is 4.79 Å². The van der Waals surface area contributed by atoms with Gasteiger partial charge in [-0.25, -0.2) is 5.43 Å². The van der Waals surface area contributed by atoms with Crippen LogP contribution in [0.2, 0.25) is 0 Å². The lowest BCUT2D eigenvalue weighted by Crippen LogP contribution is -2.25. The lowest BCUT2D eigenvalue weighted by atomic mass is 9.85. The van der Waals surface area contributed by atoms with Crippen molar-refractivity contribution >= 4 is 12.1 Å². The zero-order valence-electron chi connectivity index (χ0n) is 19.1. The van der Waals surface area contributed by atoms with Crippen molar-refractivity contribution in [1.82, 2.24) is 5.43 Å². The van der Waals surface area contributed by atoms with Crippen molar-refractivity contribution in [2.24, 2.45) is 5.10 Å². The summed E-state index contributed by atoms with van der Waals surface area (Å²) in [7, 11) is 0. The summed E-state index contributed by atoms with van der Waals surface area (Å²) in [5, 5.41) is 4.04. The van der Waals surface area contributed by atoms with Gasteiger partial charge in [0, 0.05) is 0 Å². The van der Waals surface area contributed by atoms with Gasteiger partial charge < -0.3 is 9.47 Å². The van der Waals surface area contributed by atoms with E-state index in [-0.39, 0.29) is 17.9 Å².